The van der Waals surface area contributed by atoms with Crippen molar-refractivity contribution in [1.29, 1.82) is 0 Å². The van der Waals surface area contributed by atoms with E-state index >= 15 is 0 Å². The zero-order valence-corrected chi connectivity index (χ0v) is 15.9. The second-order valence-electron chi connectivity index (χ2n) is 6.79. The van der Waals surface area contributed by atoms with E-state index in [9.17, 15) is 14.5 Å². The molecule has 0 aromatic carbocycles. The molecule has 1 fully saturated rings. The number of likely N-dealkylation sites (tertiary alicyclic amines) is 1. The first kappa shape index (κ1) is 19.2. The molecule has 1 N–H and O–H groups in total. The highest BCUT2D eigenvalue weighted by Crippen LogP contribution is 2.26. The van der Waals surface area contributed by atoms with E-state index in [1.165, 1.54) is 4.90 Å². The Morgan fingerprint density at radius 1 is 1.44 bits per heavy atom. The van der Waals surface area contributed by atoms with Gasteiger partial charge in [-0.05, 0) is 30.9 Å². The average molecular weight is 386 g/mol. The van der Waals surface area contributed by atoms with Crippen LogP contribution >= 0.6 is 11.3 Å². The molecule has 1 aliphatic heterocycles. The Bertz CT molecular complexity index is 796. The van der Waals surface area contributed by atoms with Crippen molar-refractivity contribution in [2.24, 2.45) is 11.1 Å². The molecule has 3 rings (SSSR count). The average Bonchev–Trinajstić information content (AvgIpc) is 2.98. The highest BCUT2D eigenvalue weighted by Gasteiger charge is 2.31. The molecule has 2 atom stereocenters. The number of nitroso groups, excluding NO2 is 1. The third-order valence-electron chi connectivity index (χ3n) is 4.80. The van der Waals surface area contributed by atoms with Crippen LogP contribution in [0, 0.1) is 17.7 Å². The van der Waals surface area contributed by atoms with Crippen molar-refractivity contribution in [2.45, 2.75) is 25.8 Å². The van der Waals surface area contributed by atoms with E-state index in [0.29, 0.717) is 25.9 Å². The Morgan fingerprint density at radius 3 is 3.00 bits per heavy atom. The molecule has 0 saturated carbocycles. The van der Waals surface area contributed by atoms with Crippen molar-refractivity contribution >= 4 is 29.2 Å². The number of amides is 2. The van der Waals surface area contributed by atoms with E-state index in [-0.39, 0.29) is 12.5 Å². The molecule has 0 spiro atoms. The highest BCUT2D eigenvalue weighted by atomic mass is 32.1. The molecule has 2 heterocycles. The number of nitrogens with zero attached hydrogens (tertiary/aromatic N) is 3. The van der Waals surface area contributed by atoms with Crippen molar-refractivity contribution in [3.05, 3.63) is 50.9 Å². The van der Waals surface area contributed by atoms with Gasteiger partial charge in [0.2, 0.25) is 12.3 Å². The van der Waals surface area contributed by atoms with Crippen molar-refractivity contribution in [3.63, 3.8) is 0 Å². The summed E-state index contributed by atoms with van der Waals surface area (Å²) in [5.74, 6) is -0.550. The maximum absolute atomic E-state index is 12.5. The Labute approximate surface area is 161 Å². The van der Waals surface area contributed by atoms with Crippen LogP contribution in [0.15, 0.2) is 40.6 Å². The second kappa shape index (κ2) is 8.85. The molecule has 142 valence electrons. The number of hydrogen-bond acceptors (Lipinski definition) is 6. The molecule has 2 aliphatic rings. The molecule has 0 bridgehead atoms. The fraction of sp³-hybridized carbons (Fsp3) is 0.421. The summed E-state index contributed by atoms with van der Waals surface area (Å²) in [6.45, 7) is 3.04. The van der Waals surface area contributed by atoms with Crippen LogP contribution in [-0.4, -0.2) is 47.9 Å². The first-order valence-corrected chi connectivity index (χ1v) is 9.75. The number of thiazole rings is 1. The van der Waals surface area contributed by atoms with E-state index in [1.54, 1.807) is 11.3 Å². The maximum atomic E-state index is 12.5. The summed E-state index contributed by atoms with van der Waals surface area (Å²) in [4.78, 5) is 41.2. The van der Waals surface area contributed by atoms with Crippen molar-refractivity contribution in [2.75, 3.05) is 19.6 Å². The van der Waals surface area contributed by atoms with Crippen LogP contribution in [0.2, 0.25) is 0 Å². The standard InChI is InChI=1S/C19H22N4O3S/c1-13-18(27-11-21-13)15-4-2-3-14(5-6-15)8-20-19(25)16-7-17(22-26)10-23(9-16)12-24/h2,4-6,11-12,16-17H,3,7-10H2,1H3,(H,20,25)/t16-,17-/m1/s1. The molecule has 1 aromatic heterocycles. The van der Waals surface area contributed by atoms with Crippen molar-refractivity contribution in [1.82, 2.24) is 15.2 Å². The minimum atomic E-state index is -0.520. The van der Waals surface area contributed by atoms with Crippen LogP contribution < -0.4 is 5.32 Å². The number of rotatable bonds is 6. The van der Waals surface area contributed by atoms with E-state index in [4.69, 9.17) is 0 Å². The van der Waals surface area contributed by atoms with Gasteiger partial charge in [0.15, 0.2) is 0 Å². The van der Waals surface area contributed by atoms with Gasteiger partial charge in [0.1, 0.15) is 6.04 Å². The first-order valence-electron chi connectivity index (χ1n) is 8.87. The molecular formula is C19H22N4O3S. The summed E-state index contributed by atoms with van der Waals surface area (Å²) in [7, 11) is 0. The molecule has 1 aromatic rings. The van der Waals surface area contributed by atoms with Gasteiger partial charge in [0, 0.05) is 19.6 Å². The quantitative estimate of drug-likeness (QED) is 0.600. The number of piperidine rings is 1. The summed E-state index contributed by atoms with van der Waals surface area (Å²) in [6, 6.07) is -0.520. The largest absolute Gasteiger partial charge is 0.352 e. The molecule has 2 amide bonds. The number of nitrogens with one attached hydrogen (secondary N) is 1. The van der Waals surface area contributed by atoms with Gasteiger partial charge in [-0.15, -0.1) is 11.3 Å². The molecule has 8 heteroatoms. The zero-order chi connectivity index (χ0) is 19.2. The summed E-state index contributed by atoms with van der Waals surface area (Å²) >= 11 is 1.61. The summed E-state index contributed by atoms with van der Waals surface area (Å²) in [5.41, 5.74) is 5.05. The minimum absolute atomic E-state index is 0.146. The Hall–Kier alpha value is -2.61. The monoisotopic (exact) mass is 386 g/mol. The predicted molar refractivity (Wildman–Crippen MR) is 105 cm³/mol. The zero-order valence-electron chi connectivity index (χ0n) is 15.1. The van der Waals surface area contributed by atoms with Gasteiger partial charge in [-0.3, -0.25) is 9.59 Å². The van der Waals surface area contributed by atoms with Crippen LogP contribution in [-0.2, 0) is 9.59 Å². The lowest BCUT2D eigenvalue weighted by Crippen LogP contribution is -2.47. The van der Waals surface area contributed by atoms with Gasteiger partial charge in [-0.2, -0.15) is 4.91 Å². The molecule has 0 radical (unpaired) electrons. The number of carbonyl (C=O) groups excluding carboxylic acids is 2. The van der Waals surface area contributed by atoms with Crippen LogP contribution in [0.4, 0.5) is 0 Å². The number of hydrogen-bond donors (Lipinski definition) is 1. The van der Waals surface area contributed by atoms with Gasteiger partial charge >= 0.3 is 0 Å². The van der Waals surface area contributed by atoms with Crippen LogP contribution in [0.3, 0.4) is 0 Å². The Kier molecular flexibility index (Phi) is 6.28. The normalized spacial score (nSPS) is 22.5. The number of aryl methyl sites for hydroxylation is 1. The molecule has 0 unspecified atom stereocenters. The van der Waals surface area contributed by atoms with E-state index in [2.05, 4.69) is 27.6 Å². The van der Waals surface area contributed by atoms with Gasteiger partial charge in [-0.25, -0.2) is 4.98 Å². The minimum Gasteiger partial charge on any atom is -0.352 e. The van der Waals surface area contributed by atoms with Crippen molar-refractivity contribution in [3.8, 4) is 0 Å². The summed E-state index contributed by atoms with van der Waals surface area (Å²) < 4.78 is 0. The predicted octanol–water partition coefficient (Wildman–Crippen LogP) is 2.45. The molecule has 27 heavy (non-hydrogen) atoms. The van der Waals surface area contributed by atoms with Crippen LogP contribution in [0.1, 0.15) is 23.4 Å². The first-order chi connectivity index (χ1) is 13.1. The van der Waals surface area contributed by atoms with Gasteiger partial charge < -0.3 is 10.2 Å². The SMILES string of the molecule is Cc1ncsc1C1=CC=C(CNC(=O)[C@@H]2C[C@@H](N=O)CN(C=O)C2)CC=C1. The number of aromatic nitrogens is 1. The lowest BCUT2D eigenvalue weighted by molar-refractivity contribution is -0.129. The van der Waals surface area contributed by atoms with Gasteiger partial charge in [-0.1, -0.05) is 29.5 Å². The summed E-state index contributed by atoms with van der Waals surface area (Å²) in [6.07, 6.45) is 10.0. The Morgan fingerprint density at radius 2 is 2.30 bits per heavy atom. The second-order valence-corrected chi connectivity index (χ2v) is 7.64. The molecule has 7 nitrogen and oxygen atoms in total. The summed E-state index contributed by atoms with van der Waals surface area (Å²) in [5, 5.41) is 5.95. The third kappa shape index (κ3) is 4.77. The Balaban J connectivity index is 1.60. The van der Waals surface area contributed by atoms with Crippen LogP contribution in [0.5, 0.6) is 0 Å². The van der Waals surface area contributed by atoms with Crippen molar-refractivity contribution < 1.29 is 9.59 Å². The fourth-order valence-electron chi connectivity index (χ4n) is 3.33. The van der Waals surface area contributed by atoms with E-state index in [1.807, 2.05) is 24.6 Å². The lowest BCUT2D eigenvalue weighted by atomic mass is 9.94. The van der Waals surface area contributed by atoms with E-state index in [0.717, 1.165) is 28.1 Å². The maximum Gasteiger partial charge on any atom is 0.225 e. The van der Waals surface area contributed by atoms with E-state index < -0.39 is 12.0 Å². The van der Waals surface area contributed by atoms with Gasteiger partial charge in [0.25, 0.3) is 0 Å². The highest BCUT2D eigenvalue weighted by molar-refractivity contribution is 7.11. The topological polar surface area (TPSA) is 91.7 Å². The number of allylic oxidation sites excluding steroid dienone is 5. The van der Waals surface area contributed by atoms with Crippen LogP contribution in [0.25, 0.3) is 5.57 Å². The van der Waals surface area contributed by atoms with Gasteiger partial charge in [0.05, 0.1) is 22.0 Å². The molecule has 1 saturated heterocycles. The smallest absolute Gasteiger partial charge is 0.225 e. The number of carbonyl (C=O) groups is 2. The molecule has 1 aliphatic carbocycles. The fourth-order valence-corrected chi connectivity index (χ4v) is 4.14. The lowest BCUT2D eigenvalue weighted by Gasteiger charge is -2.31. The molecular weight excluding hydrogens is 364 g/mol. The third-order valence-corrected chi connectivity index (χ3v) is 5.78.